The van der Waals surface area contributed by atoms with E-state index in [-0.39, 0.29) is 0 Å². The van der Waals surface area contributed by atoms with Gasteiger partial charge < -0.3 is 10.1 Å². The van der Waals surface area contributed by atoms with Gasteiger partial charge in [0.15, 0.2) is 0 Å². The molecule has 2 rings (SSSR count). The van der Waals surface area contributed by atoms with Gasteiger partial charge in [0.05, 0.1) is 12.7 Å². The molecular weight excluding hydrogens is 248 g/mol. The molecule has 3 heteroatoms. The van der Waals surface area contributed by atoms with Crippen molar-refractivity contribution in [3.05, 3.63) is 0 Å². The Morgan fingerprint density at radius 2 is 1.90 bits per heavy atom. The number of nitrogens with one attached hydrogen (secondary N) is 1. The molecular formula is C17H34N2O. The van der Waals surface area contributed by atoms with Crippen LogP contribution in [-0.4, -0.2) is 49.8 Å². The fourth-order valence-corrected chi connectivity index (χ4v) is 3.98. The number of rotatable bonds is 6. The van der Waals surface area contributed by atoms with E-state index in [4.69, 9.17) is 4.74 Å². The summed E-state index contributed by atoms with van der Waals surface area (Å²) in [5.74, 6) is 0.823. The van der Waals surface area contributed by atoms with E-state index < -0.39 is 0 Å². The fraction of sp³-hybridized carbons (Fsp3) is 1.00. The summed E-state index contributed by atoms with van der Waals surface area (Å²) in [6.07, 6.45) is 10.1. The molecule has 1 N–H and O–H groups in total. The first kappa shape index (κ1) is 16.3. The number of ether oxygens (including phenoxy) is 1. The molecule has 20 heavy (non-hydrogen) atoms. The molecule has 2 fully saturated rings. The highest BCUT2D eigenvalue weighted by Crippen LogP contribution is 2.28. The Morgan fingerprint density at radius 1 is 1.15 bits per heavy atom. The van der Waals surface area contributed by atoms with Crippen LogP contribution in [0.25, 0.3) is 0 Å². The van der Waals surface area contributed by atoms with Crippen molar-refractivity contribution in [1.82, 2.24) is 10.2 Å². The molecule has 0 aromatic carbocycles. The molecule has 0 aromatic rings. The fourth-order valence-electron chi connectivity index (χ4n) is 3.98. The second-order valence-electron chi connectivity index (χ2n) is 6.54. The van der Waals surface area contributed by atoms with Gasteiger partial charge in [0, 0.05) is 19.1 Å². The van der Waals surface area contributed by atoms with Gasteiger partial charge in [-0.1, -0.05) is 39.5 Å². The van der Waals surface area contributed by atoms with E-state index in [9.17, 15) is 0 Å². The van der Waals surface area contributed by atoms with Crippen LogP contribution in [0, 0.1) is 5.92 Å². The molecule has 1 aliphatic heterocycles. The summed E-state index contributed by atoms with van der Waals surface area (Å²) < 4.78 is 6.16. The van der Waals surface area contributed by atoms with Crippen LogP contribution in [0.3, 0.4) is 0 Å². The minimum absolute atomic E-state index is 0.401. The molecule has 1 saturated carbocycles. The van der Waals surface area contributed by atoms with Gasteiger partial charge in [0.25, 0.3) is 0 Å². The molecule has 3 nitrogen and oxygen atoms in total. The Morgan fingerprint density at radius 3 is 2.55 bits per heavy atom. The summed E-state index contributed by atoms with van der Waals surface area (Å²) in [4.78, 5) is 2.59. The maximum absolute atomic E-state index is 6.16. The lowest BCUT2D eigenvalue weighted by Gasteiger charge is -2.40. The summed E-state index contributed by atoms with van der Waals surface area (Å²) in [7, 11) is 0. The number of nitrogens with zero attached hydrogens (tertiary/aromatic N) is 1. The van der Waals surface area contributed by atoms with Crippen LogP contribution in [0.2, 0.25) is 0 Å². The number of likely N-dealkylation sites (N-methyl/N-ethyl adjacent to an activating group) is 1. The van der Waals surface area contributed by atoms with Gasteiger partial charge in [-0.05, 0) is 38.3 Å². The topological polar surface area (TPSA) is 24.5 Å². The Hall–Kier alpha value is -0.120. The number of morpholine rings is 1. The third-order valence-electron chi connectivity index (χ3n) is 4.97. The zero-order valence-corrected chi connectivity index (χ0v) is 13.6. The molecule has 2 atom stereocenters. The van der Waals surface area contributed by atoms with Gasteiger partial charge in [-0.15, -0.1) is 0 Å². The van der Waals surface area contributed by atoms with Crippen molar-refractivity contribution < 1.29 is 4.74 Å². The SMILES string of the molecule is CCCN1CCOC(C(NCC)C2CCCCCC2)C1. The summed E-state index contributed by atoms with van der Waals surface area (Å²) in [6.45, 7) is 9.96. The smallest absolute Gasteiger partial charge is 0.0857 e. The highest BCUT2D eigenvalue weighted by Gasteiger charge is 2.33. The van der Waals surface area contributed by atoms with E-state index in [1.807, 2.05) is 0 Å². The first-order valence-corrected chi connectivity index (χ1v) is 8.92. The normalized spacial score (nSPS) is 28.2. The van der Waals surface area contributed by atoms with E-state index in [1.165, 1.54) is 51.5 Å². The average molecular weight is 282 g/mol. The second-order valence-corrected chi connectivity index (χ2v) is 6.54. The van der Waals surface area contributed by atoms with Crippen molar-refractivity contribution in [2.45, 2.75) is 70.9 Å². The van der Waals surface area contributed by atoms with Gasteiger partial charge in [-0.2, -0.15) is 0 Å². The van der Waals surface area contributed by atoms with Crippen LogP contribution >= 0.6 is 0 Å². The lowest BCUT2D eigenvalue weighted by atomic mass is 9.87. The average Bonchev–Trinajstić information content (AvgIpc) is 2.74. The Bertz CT molecular complexity index is 249. The highest BCUT2D eigenvalue weighted by atomic mass is 16.5. The predicted octanol–water partition coefficient (Wildman–Crippen LogP) is 3.05. The van der Waals surface area contributed by atoms with Crippen molar-refractivity contribution in [3.63, 3.8) is 0 Å². The molecule has 2 aliphatic rings. The van der Waals surface area contributed by atoms with Gasteiger partial charge in [0.2, 0.25) is 0 Å². The standard InChI is InChI=1S/C17H34N2O/c1-3-11-19-12-13-20-16(14-19)17(18-4-2)15-9-7-5-6-8-10-15/h15-18H,3-14H2,1-2H3. The van der Waals surface area contributed by atoms with E-state index in [0.29, 0.717) is 12.1 Å². The van der Waals surface area contributed by atoms with E-state index in [1.54, 1.807) is 0 Å². The molecule has 0 aromatic heterocycles. The van der Waals surface area contributed by atoms with Crippen molar-refractivity contribution >= 4 is 0 Å². The van der Waals surface area contributed by atoms with Crippen molar-refractivity contribution in [2.24, 2.45) is 5.92 Å². The third-order valence-corrected chi connectivity index (χ3v) is 4.97. The van der Waals surface area contributed by atoms with Crippen molar-refractivity contribution in [3.8, 4) is 0 Å². The van der Waals surface area contributed by atoms with Gasteiger partial charge >= 0.3 is 0 Å². The summed E-state index contributed by atoms with van der Waals surface area (Å²) in [6, 6.07) is 0.567. The third kappa shape index (κ3) is 4.71. The summed E-state index contributed by atoms with van der Waals surface area (Å²) in [5, 5.41) is 3.76. The van der Waals surface area contributed by atoms with Gasteiger partial charge in [0.1, 0.15) is 0 Å². The van der Waals surface area contributed by atoms with Crippen LogP contribution in [-0.2, 0) is 4.74 Å². The number of hydrogen-bond acceptors (Lipinski definition) is 3. The molecule has 0 radical (unpaired) electrons. The summed E-state index contributed by atoms with van der Waals surface area (Å²) in [5.41, 5.74) is 0. The van der Waals surface area contributed by atoms with Crippen LogP contribution < -0.4 is 5.32 Å². The van der Waals surface area contributed by atoms with Crippen LogP contribution in [0.5, 0.6) is 0 Å². The van der Waals surface area contributed by atoms with Crippen LogP contribution in [0.1, 0.15) is 58.8 Å². The van der Waals surface area contributed by atoms with Gasteiger partial charge in [-0.25, -0.2) is 0 Å². The maximum Gasteiger partial charge on any atom is 0.0857 e. The molecule has 1 saturated heterocycles. The minimum Gasteiger partial charge on any atom is -0.374 e. The monoisotopic (exact) mass is 282 g/mol. The van der Waals surface area contributed by atoms with Gasteiger partial charge in [-0.3, -0.25) is 4.90 Å². The quantitative estimate of drug-likeness (QED) is 0.758. The molecule has 118 valence electrons. The Balaban J connectivity index is 1.95. The predicted molar refractivity (Wildman–Crippen MR) is 85.1 cm³/mol. The minimum atomic E-state index is 0.401. The second kappa shape index (κ2) is 9.01. The van der Waals surface area contributed by atoms with E-state index in [0.717, 1.165) is 32.2 Å². The molecule has 0 amide bonds. The first-order valence-electron chi connectivity index (χ1n) is 8.92. The zero-order chi connectivity index (χ0) is 14.2. The maximum atomic E-state index is 6.16. The van der Waals surface area contributed by atoms with Crippen molar-refractivity contribution in [1.29, 1.82) is 0 Å². The molecule has 1 aliphatic carbocycles. The van der Waals surface area contributed by atoms with E-state index in [2.05, 4.69) is 24.1 Å². The molecule has 0 spiro atoms. The molecule has 1 heterocycles. The van der Waals surface area contributed by atoms with Crippen LogP contribution in [0.4, 0.5) is 0 Å². The highest BCUT2D eigenvalue weighted by molar-refractivity contribution is 4.88. The zero-order valence-electron chi connectivity index (χ0n) is 13.6. The lowest BCUT2D eigenvalue weighted by molar-refractivity contribution is -0.0573. The summed E-state index contributed by atoms with van der Waals surface area (Å²) >= 11 is 0. The lowest BCUT2D eigenvalue weighted by Crippen LogP contribution is -2.55. The van der Waals surface area contributed by atoms with E-state index >= 15 is 0 Å². The number of hydrogen-bond donors (Lipinski definition) is 1. The Kier molecular flexibility index (Phi) is 7.32. The molecule has 0 bridgehead atoms. The van der Waals surface area contributed by atoms with Crippen LogP contribution in [0.15, 0.2) is 0 Å². The van der Waals surface area contributed by atoms with Crippen molar-refractivity contribution in [2.75, 3.05) is 32.8 Å². The molecule has 2 unspecified atom stereocenters. The first-order chi connectivity index (χ1) is 9.85. The Labute approximate surface area is 125 Å². The largest absolute Gasteiger partial charge is 0.374 e.